The van der Waals surface area contributed by atoms with E-state index >= 15 is 0 Å². The molecule has 0 N–H and O–H groups in total. The fraction of sp³-hybridized carbons (Fsp3) is 0.500. The molecule has 3 aromatic rings. The number of nitriles is 1. The van der Waals surface area contributed by atoms with Crippen molar-refractivity contribution in [3.05, 3.63) is 59.2 Å². The summed E-state index contributed by atoms with van der Waals surface area (Å²) in [5, 5.41) is 10.2. The van der Waals surface area contributed by atoms with Crippen molar-refractivity contribution in [3.8, 4) is 6.07 Å². The summed E-state index contributed by atoms with van der Waals surface area (Å²) in [5.41, 5.74) is 4.87. The Morgan fingerprint density at radius 2 is 1.91 bits per heavy atom. The quantitative estimate of drug-likeness (QED) is 0.600. The van der Waals surface area contributed by atoms with Crippen LogP contribution in [0.1, 0.15) is 54.4 Å². The molecule has 1 saturated heterocycles. The molecular formula is C26H33N7. The molecule has 0 radical (unpaired) electrons. The van der Waals surface area contributed by atoms with E-state index in [0.717, 1.165) is 62.4 Å². The Labute approximate surface area is 196 Å². The van der Waals surface area contributed by atoms with Gasteiger partial charge in [0.2, 0.25) is 0 Å². The molecule has 5 rings (SSSR count). The Morgan fingerprint density at radius 1 is 1.09 bits per heavy atom. The highest BCUT2D eigenvalue weighted by atomic mass is 15.3. The third-order valence-electron chi connectivity index (χ3n) is 7.42. The van der Waals surface area contributed by atoms with Crippen molar-refractivity contribution in [2.45, 2.75) is 50.7 Å². The molecule has 7 heteroatoms. The zero-order valence-corrected chi connectivity index (χ0v) is 19.9. The minimum Gasteiger partial charge on any atom is -0.358 e. The topological polar surface area (TPSA) is 63.7 Å². The standard InChI is InChI=1S/C26H33N7/c1-30(2)20-12-15-32(16-13-20)25-11-5-10-24-29-21(23(17-27)33(24)25)18-31(3)22-9-4-7-19-8-6-14-28-26(19)22/h5-6,8,10-11,14,20,22H,4,7,9,12-13,15-16,18H2,1-3H3/t22-/m0/s1. The molecule has 3 aromatic heterocycles. The van der Waals surface area contributed by atoms with Gasteiger partial charge in [-0.1, -0.05) is 12.1 Å². The van der Waals surface area contributed by atoms with Gasteiger partial charge in [-0.15, -0.1) is 0 Å². The van der Waals surface area contributed by atoms with E-state index in [1.54, 1.807) is 0 Å². The third-order valence-corrected chi connectivity index (χ3v) is 7.42. The second-order valence-corrected chi connectivity index (χ2v) is 9.65. The minimum atomic E-state index is 0.260. The van der Waals surface area contributed by atoms with Crippen molar-refractivity contribution in [1.29, 1.82) is 5.26 Å². The highest BCUT2D eigenvalue weighted by Crippen LogP contribution is 2.33. The van der Waals surface area contributed by atoms with E-state index in [1.807, 2.05) is 18.3 Å². The highest BCUT2D eigenvalue weighted by molar-refractivity contribution is 5.57. The van der Waals surface area contributed by atoms with E-state index in [-0.39, 0.29) is 6.04 Å². The maximum absolute atomic E-state index is 10.2. The predicted molar refractivity (Wildman–Crippen MR) is 130 cm³/mol. The first-order valence-electron chi connectivity index (χ1n) is 12.0. The monoisotopic (exact) mass is 443 g/mol. The lowest BCUT2D eigenvalue weighted by molar-refractivity contribution is 0.206. The largest absolute Gasteiger partial charge is 0.358 e. The molecule has 1 atom stereocenters. The molecule has 0 spiro atoms. The normalized spacial score (nSPS) is 19.3. The van der Waals surface area contributed by atoms with Crippen LogP contribution < -0.4 is 4.90 Å². The second-order valence-electron chi connectivity index (χ2n) is 9.65. The molecule has 7 nitrogen and oxygen atoms in total. The van der Waals surface area contributed by atoms with Crippen LogP contribution in [0.3, 0.4) is 0 Å². The fourth-order valence-corrected chi connectivity index (χ4v) is 5.57. The number of anilines is 1. The van der Waals surface area contributed by atoms with Gasteiger partial charge >= 0.3 is 0 Å². The lowest BCUT2D eigenvalue weighted by atomic mass is 9.91. The van der Waals surface area contributed by atoms with E-state index < -0.39 is 0 Å². The molecule has 4 heterocycles. The Kier molecular flexibility index (Phi) is 6.05. The van der Waals surface area contributed by atoms with Crippen LogP contribution in [-0.4, -0.2) is 64.4 Å². The first-order valence-corrected chi connectivity index (χ1v) is 12.0. The number of rotatable bonds is 5. The molecule has 2 aliphatic rings. The summed E-state index contributed by atoms with van der Waals surface area (Å²) in [5.74, 6) is 1.08. The predicted octanol–water partition coefficient (Wildman–Crippen LogP) is 3.64. The Balaban J connectivity index is 1.44. The lowest BCUT2D eigenvalue weighted by Gasteiger charge is -2.36. The molecule has 33 heavy (non-hydrogen) atoms. The number of nitrogens with zero attached hydrogens (tertiary/aromatic N) is 7. The highest BCUT2D eigenvalue weighted by Gasteiger charge is 2.28. The van der Waals surface area contributed by atoms with Crippen molar-refractivity contribution < 1.29 is 0 Å². The number of hydrogen-bond acceptors (Lipinski definition) is 6. The average Bonchev–Trinajstić information content (AvgIpc) is 3.20. The van der Waals surface area contributed by atoms with Crippen LogP contribution in [0.5, 0.6) is 0 Å². The number of pyridine rings is 2. The van der Waals surface area contributed by atoms with Crippen LogP contribution in [0.25, 0.3) is 5.65 Å². The van der Waals surface area contributed by atoms with Gasteiger partial charge in [0.25, 0.3) is 0 Å². The lowest BCUT2D eigenvalue weighted by Crippen LogP contribution is -2.42. The van der Waals surface area contributed by atoms with E-state index in [4.69, 9.17) is 9.97 Å². The maximum Gasteiger partial charge on any atom is 0.150 e. The van der Waals surface area contributed by atoms with E-state index in [1.165, 1.54) is 11.3 Å². The van der Waals surface area contributed by atoms with Crippen molar-refractivity contribution in [2.75, 3.05) is 39.1 Å². The molecule has 1 aliphatic carbocycles. The molecule has 0 bridgehead atoms. The average molecular weight is 444 g/mol. The summed E-state index contributed by atoms with van der Waals surface area (Å²) in [6.45, 7) is 2.61. The number of fused-ring (bicyclic) bond motifs is 2. The van der Waals surface area contributed by atoms with Crippen molar-refractivity contribution in [3.63, 3.8) is 0 Å². The minimum absolute atomic E-state index is 0.260. The molecule has 0 amide bonds. The Bertz CT molecular complexity index is 1170. The number of aryl methyl sites for hydroxylation is 1. The van der Waals surface area contributed by atoms with Crippen molar-refractivity contribution in [1.82, 2.24) is 24.2 Å². The Morgan fingerprint density at radius 3 is 2.67 bits per heavy atom. The summed E-state index contributed by atoms with van der Waals surface area (Å²) in [7, 11) is 6.45. The molecule has 1 aliphatic heterocycles. The van der Waals surface area contributed by atoms with Gasteiger partial charge in [0.15, 0.2) is 5.69 Å². The van der Waals surface area contributed by atoms with Crippen LogP contribution in [0.2, 0.25) is 0 Å². The summed E-state index contributed by atoms with van der Waals surface area (Å²) in [4.78, 5) is 16.7. The van der Waals surface area contributed by atoms with Gasteiger partial charge in [-0.05, 0) is 77.0 Å². The Hall–Kier alpha value is -2.95. The van der Waals surface area contributed by atoms with Gasteiger partial charge in [-0.25, -0.2) is 4.98 Å². The molecule has 1 fully saturated rings. The van der Waals surface area contributed by atoms with E-state index in [2.05, 4.69) is 64.5 Å². The van der Waals surface area contributed by atoms with Gasteiger partial charge in [-0.2, -0.15) is 5.26 Å². The van der Waals surface area contributed by atoms with E-state index in [0.29, 0.717) is 18.3 Å². The first kappa shape index (κ1) is 21.9. The summed E-state index contributed by atoms with van der Waals surface area (Å²) >= 11 is 0. The van der Waals surface area contributed by atoms with Gasteiger partial charge in [0, 0.05) is 31.9 Å². The van der Waals surface area contributed by atoms with Gasteiger partial charge < -0.3 is 9.80 Å². The molecule has 0 unspecified atom stereocenters. The molecular weight excluding hydrogens is 410 g/mol. The molecule has 0 saturated carbocycles. The van der Waals surface area contributed by atoms with Crippen LogP contribution in [0.15, 0.2) is 36.5 Å². The number of piperidine rings is 1. The fourth-order valence-electron chi connectivity index (χ4n) is 5.57. The van der Waals surface area contributed by atoms with Crippen LogP contribution >= 0.6 is 0 Å². The SMILES string of the molecule is CN(C)C1CCN(c2cccc3nc(CN(C)[C@H]4CCCc5cccnc54)c(C#N)n23)CC1. The molecule has 0 aromatic carbocycles. The maximum atomic E-state index is 10.2. The van der Waals surface area contributed by atoms with Crippen molar-refractivity contribution >= 4 is 11.5 Å². The second kappa shape index (κ2) is 9.12. The first-order chi connectivity index (χ1) is 16.1. The van der Waals surface area contributed by atoms with Crippen molar-refractivity contribution in [2.24, 2.45) is 0 Å². The van der Waals surface area contributed by atoms with Crippen LogP contribution in [0, 0.1) is 11.3 Å². The summed E-state index contributed by atoms with van der Waals surface area (Å²) in [6, 6.07) is 13.8. The summed E-state index contributed by atoms with van der Waals surface area (Å²) < 4.78 is 2.06. The van der Waals surface area contributed by atoms with Gasteiger partial charge in [0.1, 0.15) is 17.5 Å². The van der Waals surface area contributed by atoms with E-state index in [9.17, 15) is 5.26 Å². The van der Waals surface area contributed by atoms with Crippen LogP contribution in [-0.2, 0) is 13.0 Å². The van der Waals surface area contributed by atoms with Gasteiger partial charge in [-0.3, -0.25) is 14.3 Å². The zero-order valence-electron chi connectivity index (χ0n) is 19.9. The third kappa shape index (κ3) is 4.09. The molecule has 172 valence electrons. The zero-order chi connectivity index (χ0) is 22.9. The van der Waals surface area contributed by atoms with Gasteiger partial charge in [0.05, 0.1) is 17.4 Å². The summed E-state index contributed by atoms with van der Waals surface area (Å²) in [6.07, 6.45) is 7.49. The van der Waals surface area contributed by atoms with Crippen LogP contribution in [0.4, 0.5) is 5.82 Å². The smallest absolute Gasteiger partial charge is 0.150 e. The number of aromatic nitrogens is 3. The number of imidazole rings is 1. The number of hydrogen-bond donors (Lipinski definition) is 0.